The number of carbonyl (C=O) groups excluding carboxylic acids is 2. The normalized spacial score (nSPS) is 13.5. The van der Waals surface area contributed by atoms with Crippen LogP contribution < -0.4 is 16.1 Å². The van der Waals surface area contributed by atoms with Crippen LogP contribution in [0.2, 0.25) is 0 Å². The van der Waals surface area contributed by atoms with Crippen molar-refractivity contribution in [3.05, 3.63) is 127 Å². The quantitative estimate of drug-likeness (QED) is 0.0972. The van der Waals surface area contributed by atoms with Crippen molar-refractivity contribution in [2.45, 2.75) is 38.9 Å². The predicted octanol–water partition coefficient (Wildman–Crippen LogP) is 7.49. The molecule has 0 unspecified atom stereocenters. The van der Waals surface area contributed by atoms with Gasteiger partial charge in [0.25, 0.3) is 11.8 Å². The van der Waals surface area contributed by atoms with Crippen LogP contribution in [0.5, 0.6) is 0 Å². The van der Waals surface area contributed by atoms with E-state index in [0.717, 1.165) is 77.0 Å². The number of imidazole rings is 2. The number of anilines is 4. The molecule has 0 radical (unpaired) electrons. The number of H-pyrrole nitrogens is 2. The van der Waals surface area contributed by atoms with Gasteiger partial charge in [-0.05, 0) is 92.2 Å². The Morgan fingerprint density at radius 2 is 1.11 bits per heavy atom. The summed E-state index contributed by atoms with van der Waals surface area (Å²) < 4.78 is 19.9. The maximum absolute atomic E-state index is 12.6. The van der Waals surface area contributed by atoms with E-state index in [9.17, 15) is 9.59 Å². The van der Waals surface area contributed by atoms with E-state index in [1.54, 1.807) is 79.9 Å². The lowest BCUT2D eigenvalue weighted by Gasteiger charge is -2.32. The summed E-state index contributed by atoms with van der Waals surface area (Å²) in [4.78, 5) is 60.8. The molecule has 24 heteroatoms. The fourth-order valence-corrected chi connectivity index (χ4v) is 8.68. The SMILES string of the molecule is CN(C)C(=O)c1cc2cc(Nc3nccc(-c4cn(C)cn4)n3)cc(-c3cnn(C)c3)c2[nH]1.CN(C)C(=O)c1cc2cc(Nc3nccc(-c4cn(C)cn4)n3)cc(Br)c2[nH]1.Cn1cc(B2OC(C)(C)C(C)(C)O2)cn1. The predicted molar refractivity (Wildman–Crippen MR) is 296 cm³/mol. The fourth-order valence-electron chi connectivity index (χ4n) is 8.10. The Labute approximate surface area is 447 Å². The zero-order chi connectivity index (χ0) is 54.2. The van der Waals surface area contributed by atoms with Crippen molar-refractivity contribution < 1.29 is 18.9 Å². The minimum atomic E-state index is -0.302. The van der Waals surface area contributed by atoms with Crippen molar-refractivity contribution in [1.29, 1.82) is 0 Å². The first kappa shape index (κ1) is 52.4. The Morgan fingerprint density at radius 3 is 1.57 bits per heavy atom. The summed E-state index contributed by atoms with van der Waals surface area (Å²) in [6.07, 6.45) is 18.1. The zero-order valence-electron chi connectivity index (χ0n) is 44.2. The summed E-state index contributed by atoms with van der Waals surface area (Å²) in [5.74, 6) is 0.748. The van der Waals surface area contributed by atoms with Gasteiger partial charge in [-0.25, -0.2) is 29.9 Å². The van der Waals surface area contributed by atoms with Crippen molar-refractivity contribution in [3.8, 4) is 33.9 Å². The van der Waals surface area contributed by atoms with Crippen LogP contribution in [0.25, 0.3) is 55.7 Å². The molecule has 1 aliphatic rings. The molecule has 0 bridgehead atoms. The van der Waals surface area contributed by atoms with Gasteiger partial charge in [0, 0.05) is 143 Å². The van der Waals surface area contributed by atoms with Gasteiger partial charge in [0.1, 0.15) is 22.8 Å². The van der Waals surface area contributed by atoms with Gasteiger partial charge in [-0.3, -0.25) is 19.0 Å². The second-order valence-electron chi connectivity index (χ2n) is 19.7. The van der Waals surface area contributed by atoms with Gasteiger partial charge in [-0.15, -0.1) is 0 Å². The van der Waals surface area contributed by atoms with Gasteiger partial charge >= 0.3 is 7.12 Å². The number of hydrogen-bond acceptors (Lipinski definition) is 14. The first-order chi connectivity index (χ1) is 36.1. The maximum Gasteiger partial charge on any atom is 0.498 e. The van der Waals surface area contributed by atoms with E-state index in [4.69, 9.17) is 9.31 Å². The molecule has 0 aliphatic carbocycles. The van der Waals surface area contributed by atoms with Gasteiger partial charge in [0.05, 0.1) is 52.5 Å². The lowest BCUT2D eigenvalue weighted by Crippen LogP contribution is -2.41. The summed E-state index contributed by atoms with van der Waals surface area (Å²) >= 11 is 3.56. The number of aromatic amines is 2. The van der Waals surface area contributed by atoms with Crippen molar-refractivity contribution in [3.63, 3.8) is 0 Å². The van der Waals surface area contributed by atoms with Gasteiger partial charge in [0.15, 0.2) is 0 Å². The van der Waals surface area contributed by atoms with Crippen LogP contribution in [0, 0.1) is 0 Å². The molecule has 10 aromatic rings. The summed E-state index contributed by atoms with van der Waals surface area (Å²) in [6.45, 7) is 8.18. The Balaban J connectivity index is 0.000000149. The molecule has 0 saturated carbocycles. The number of benzene rings is 2. The van der Waals surface area contributed by atoms with Crippen LogP contribution >= 0.6 is 15.9 Å². The van der Waals surface area contributed by atoms with Crippen molar-refractivity contribution in [2.75, 3.05) is 38.8 Å². The average molecular weight is 1090 g/mol. The number of aryl methyl sites for hydroxylation is 4. The number of nitrogens with zero attached hydrogens (tertiary/aromatic N) is 14. The molecule has 11 rings (SSSR count). The fraction of sp³-hybridized carbons (Fsp3) is 0.269. The third-order valence-electron chi connectivity index (χ3n) is 12.7. The van der Waals surface area contributed by atoms with E-state index in [-0.39, 0.29) is 30.1 Å². The standard InChI is InChI=1S/C23H23N9O.C19H18BrN7O.C10H17BN2O2/c1-30(2)22(33)19-8-14-7-16(9-17(21(14)28-19)15-10-26-32(4)11-15)27-23-24-6-5-18(29-23)20-12-31(3)13-25-20;1-26(2)18(28)15-7-11-6-12(8-13(20)17(11)24-15)23-19-21-5-4-14(25-19)16-9-27(3)10-22-16;1-9(2)10(3,4)15-11(14-9)8-6-12-13(5)7-8/h5-13,28H,1-4H3,(H,24,27,29);4-10,24H,1-3H3,(H,21,23,25);6-7H,1-5H3. The molecule has 9 heterocycles. The minimum Gasteiger partial charge on any atom is -0.399 e. The third kappa shape index (κ3) is 11.4. The molecule has 8 aromatic heterocycles. The van der Waals surface area contributed by atoms with Crippen LogP contribution in [0.1, 0.15) is 48.7 Å². The van der Waals surface area contributed by atoms with E-state index < -0.39 is 0 Å². The second-order valence-corrected chi connectivity index (χ2v) is 20.6. The van der Waals surface area contributed by atoms with Crippen LogP contribution in [-0.4, -0.2) is 137 Å². The molecular weight excluding hydrogens is 1030 g/mol. The Kier molecular flexibility index (Phi) is 14.5. The molecule has 1 aliphatic heterocycles. The zero-order valence-corrected chi connectivity index (χ0v) is 45.8. The first-order valence-electron chi connectivity index (χ1n) is 24.0. The number of amides is 2. The number of aromatic nitrogens is 14. The molecular formula is C52H58BBrN18O4. The molecule has 390 valence electrons. The highest BCUT2D eigenvalue weighted by Gasteiger charge is 2.52. The van der Waals surface area contributed by atoms with Crippen molar-refractivity contribution in [1.82, 2.24) is 78.4 Å². The number of hydrogen-bond donors (Lipinski definition) is 4. The molecule has 0 atom stereocenters. The molecule has 1 fully saturated rings. The Bertz CT molecular complexity index is 3720. The third-order valence-corrected chi connectivity index (χ3v) is 13.3. The van der Waals surface area contributed by atoms with Crippen molar-refractivity contribution >= 4 is 85.4 Å². The maximum atomic E-state index is 12.6. The molecule has 4 N–H and O–H groups in total. The van der Waals surface area contributed by atoms with E-state index in [2.05, 4.69) is 76.6 Å². The smallest absolute Gasteiger partial charge is 0.399 e. The number of nitrogens with one attached hydrogen (secondary N) is 4. The summed E-state index contributed by atoms with van der Waals surface area (Å²) in [6, 6.07) is 15.2. The Hall–Kier alpha value is -8.48. The molecule has 22 nitrogen and oxygen atoms in total. The molecule has 1 saturated heterocycles. The van der Waals surface area contributed by atoms with Crippen LogP contribution in [0.15, 0.2) is 115 Å². The number of fused-ring (bicyclic) bond motifs is 2. The molecule has 2 aromatic carbocycles. The monoisotopic (exact) mass is 1090 g/mol. The van der Waals surface area contributed by atoms with E-state index in [1.807, 2.05) is 138 Å². The van der Waals surface area contributed by atoms with Gasteiger partial charge < -0.3 is 48.8 Å². The molecule has 76 heavy (non-hydrogen) atoms. The highest BCUT2D eigenvalue weighted by molar-refractivity contribution is 9.10. The topological polar surface area (TPSA) is 238 Å². The first-order valence-corrected chi connectivity index (χ1v) is 24.8. The van der Waals surface area contributed by atoms with Gasteiger partial charge in [-0.2, -0.15) is 10.2 Å². The highest BCUT2D eigenvalue weighted by Crippen LogP contribution is 2.37. The van der Waals surface area contributed by atoms with E-state index in [0.29, 0.717) is 23.3 Å². The number of halogens is 1. The minimum absolute atomic E-state index is 0.0796. The largest absolute Gasteiger partial charge is 0.498 e. The average Bonchev–Trinajstić information content (AvgIpc) is 4.26. The van der Waals surface area contributed by atoms with E-state index >= 15 is 0 Å². The second kappa shape index (κ2) is 21.0. The van der Waals surface area contributed by atoms with Crippen LogP contribution in [0.4, 0.5) is 23.3 Å². The number of rotatable bonds is 10. The van der Waals surface area contributed by atoms with Crippen LogP contribution in [-0.2, 0) is 37.5 Å². The Morgan fingerprint density at radius 1 is 0.618 bits per heavy atom. The highest BCUT2D eigenvalue weighted by atomic mass is 79.9. The van der Waals surface area contributed by atoms with Gasteiger partial charge in [-0.1, -0.05) is 0 Å². The lowest BCUT2D eigenvalue weighted by molar-refractivity contribution is 0.00578. The molecule has 0 spiro atoms. The van der Waals surface area contributed by atoms with Crippen molar-refractivity contribution in [2.24, 2.45) is 28.2 Å². The van der Waals surface area contributed by atoms with Crippen LogP contribution in [0.3, 0.4) is 0 Å². The lowest BCUT2D eigenvalue weighted by atomic mass is 9.82. The van der Waals surface area contributed by atoms with E-state index in [1.165, 1.54) is 4.90 Å². The number of carbonyl (C=O) groups is 2. The molecule has 2 amide bonds. The summed E-state index contributed by atoms with van der Waals surface area (Å²) in [5.41, 5.74) is 9.63. The summed E-state index contributed by atoms with van der Waals surface area (Å²) in [7, 11) is 14.2. The van der Waals surface area contributed by atoms with Gasteiger partial charge in [0.2, 0.25) is 11.9 Å². The summed E-state index contributed by atoms with van der Waals surface area (Å²) in [5, 5.41) is 16.7.